The summed E-state index contributed by atoms with van der Waals surface area (Å²) in [5, 5.41) is 8.97. The highest BCUT2D eigenvalue weighted by Gasteiger charge is 2.09. The highest BCUT2D eigenvalue weighted by atomic mass is 16.4. The summed E-state index contributed by atoms with van der Waals surface area (Å²) in [6.45, 7) is 3.60. The number of rotatable bonds is 5. The molecular weight excluding hydrogens is 240 g/mol. The molecule has 1 heterocycles. The fraction of sp³-hybridized carbons (Fsp3) is 0.200. The summed E-state index contributed by atoms with van der Waals surface area (Å²) in [4.78, 5) is 16.9. The molecule has 0 radical (unpaired) electrons. The second-order valence-corrected chi connectivity index (χ2v) is 4.20. The van der Waals surface area contributed by atoms with E-state index in [0.717, 1.165) is 18.8 Å². The van der Waals surface area contributed by atoms with Crippen molar-refractivity contribution in [2.45, 2.75) is 13.5 Å². The van der Waals surface area contributed by atoms with Gasteiger partial charge in [-0.25, -0.2) is 9.78 Å². The molecule has 1 aromatic heterocycles. The Morgan fingerprint density at radius 1 is 1.26 bits per heavy atom. The largest absolute Gasteiger partial charge is 0.477 e. The predicted octanol–water partition coefficient (Wildman–Crippen LogP) is 2.81. The quantitative estimate of drug-likeness (QED) is 0.893. The van der Waals surface area contributed by atoms with Crippen LogP contribution in [-0.2, 0) is 6.54 Å². The fourth-order valence-corrected chi connectivity index (χ4v) is 1.92. The second kappa shape index (κ2) is 6.00. The van der Waals surface area contributed by atoms with Gasteiger partial charge in [0.2, 0.25) is 0 Å². The molecule has 0 bridgehead atoms. The van der Waals surface area contributed by atoms with E-state index in [1.807, 2.05) is 31.2 Å². The average Bonchev–Trinajstić information content (AvgIpc) is 2.46. The molecule has 19 heavy (non-hydrogen) atoms. The lowest BCUT2D eigenvalue weighted by Gasteiger charge is -2.23. The van der Waals surface area contributed by atoms with E-state index < -0.39 is 5.97 Å². The van der Waals surface area contributed by atoms with Gasteiger partial charge in [0.05, 0.1) is 0 Å². The maximum Gasteiger partial charge on any atom is 0.354 e. The molecule has 0 atom stereocenters. The third-order valence-electron chi connectivity index (χ3n) is 2.93. The Hall–Kier alpha value is -2.36. The maximum atomic E-state index is 10.9. The van der Waals surface area contributed by atoms with E-state index in [1.54, 1.807) is 6.07 Å². The van der Waals surface area contributed by atoms with Crippen LogP contribution in [0.1, 0.15) is 23.0 Å². The smallest absolute Gasteiger partial charge is 0.354 e. The van der Waals surface area contributed by atoms with E-state index in [-0.39, 0.29) is 5.69 Å². The van der Waals surface area contributed by atoms with E-state index in [0.29, 0.717) is 0 Å². The molecule has 4 nitrogen and oxygen atoms in total. The third kappa shape index (κ3) is 3.31. The lowest BCUT2D eigenvalue weighted by molar-refractivity contribution is 0.0690. The normalized spacial score (nSPS) is 10.2. The summed E-state index contributed by atoms with van der Waals surface area (Å²) in [6, 6.07) is 13.5. The van der Waals surface area contributed by atoms with Crippen LogP contribution in [0.3, 0.4) is 0 Å². The summed E-state index contributed by atoms with van der Waals surface area (Å²) in [5.74, 6) is -1.00. The van der Waals surface area contributed by atoms with E-state index in [1.165, 1.54) is 11.8 Å². The Labute approximate surface area is 112 Å². The van der Waals surface area contributed by atoms with Crippen molar-refractivity contribution in [2.24, 2.45) is 0 Å². The molecule has 98 valence electrons. The van der Waals surface area contributed by atoms with Gasteiger partial charge in [-0.2, -0.15) is 0 Å². The molecule has 1 aromatic carbocycles. The van der Waals surface area contributed by atoms with E-state index in [4.69, 9.17) is 5.11 Å². The summed E-state index contributed by atoms with van der Waals surface area (Å²) in [5.41, 5.74) is 2.14. The number of hydrogen-bond donors (Lipinski definition) is 1. The molecule has 2 rings (SSSR count). The number of pyridine rings is 1. The molecule has 0 aliphatic carbocycles. The van der Waals surface area contributed by atoms with Crippen LogP contribution in [0.15, 0.2) is 48.7 Å². The summed E-state index contributed by atoms with van der Waals surface area (Å²) in [7, 11) is 0. The summed E-state index contributed by atoms with van der Waals surface area (Å²) in [6.07, 6.45) is 1.53. The number of carbonyl (C=O) groups is 1. The Morgan fingerprint density at radius 3 is 2.63 bits per heavy atom. The fourth-order valence-electron chi connectivity index (χ4n) is 1.92. The van der Waals surface area contributed by atoms with Gasteiger partial charge in [0.25, 0.3) is 0 Å². The molecule has 4 heteroatoms. The first kappa shape index (κ1) is 13.1. The zero-order chi connectivity index (χ0) is 13.7. The topological polar surface area (TPSA) is 53.4 Å². The van der Waals surface area contributed by atoms with Gasteiger partial charge >= 0.3 is 5.97 Å². The highest BCUT2D eigenvalue weighted by Crippen LogP contribution is 2.17. The average molecular weight is 256 g/mol. The van der Waals surface area contributed by atoms with Crippen LogP contribution in [0.5, 0.6) is 0 Å². The van der Waals surface area contributed by atoms with Crippen molar-refractivity contribution < 1.29 is 9.90 Å². The van der Waals surface area contributed by atoms with Gasteiger partial charge in [-0.1, -0.05) is 30.3 Å². The number of anilines is 1. The van der Waals surface area contributed by atoms with E-state index >= 15 is 0 Å². The third-order valence-corrected chi connectivity index (χ3v) is 2.93. The van der Waals surface area contributed by atoms with Crippen molar-refractivity contribution >= 4 is 11.7 Å². The van der Waals surface area contributed by atoms with Crippen molar-refractivity contribution in [2.75, 3.05) is 11.4 Å². The van der Waals surface area contributed by atoms with Gasteiger partial charge in [-0.3, -0.25) is 0 Å². The zero-order valence-electron chi connectivity index (χ0n) is 10.8. The SMILES string of the molecule is CCN(Cc1ccccc1)c1ccnc(C(=O)O)c1. The van der Waals surface area contributed by atoms with Gasteiger partial charge in [-0.15, -0.1) is 0 Å². The highest BCUT2D eigenvalue weighted by molar-refractivity contribution is 5.86. The Bertz CT molecular complexity index is 555. The zero-order valence-corrected chi connectivity index (χ0v) is 10.8. The first-order valence-electron chi connectivity index (χ1n) is 6.19. The van der Waals surface area contributed by atoms with Gasteiger partial charge in [0.15, 0.2) is 0 Å². The molecule has 0 saturated carbocycles. The number of nitrogens with zero attached hydrogens (tertiary/aromatic N) is 2. The van der Waals surface area contributed by atoms with Crippen LogP contribution in [0, 0.1) is 0 Å². The molecule has 0 aliphatic heterocycles. The Kier molecular flexibility index (Phi) is 4.13. The van der Waals surface area contributed by atoms with Crippen LogP contribution >= 0.6 is 0 Å². The Morgan fingerprint density at radius 2 is 2.00 bits per heavy atom. The summed E-state index contributed by atoms with van der Waals surface area (Å²) < 4.78 is 0. The second-order valence-electron chi connectivity index (χ2n) is 4.20. The summed E-state index contributed by atoms with van der Waals surface area (Å²) >= 11 is 0. The van der Waals surface area contributed by atoms with E-state index in [2.05, 4.69) is 22.0 Å². The van der Waals surface area contributed by atoms with Crippen LogP contribution < -0.4 is 4.90 Å². The molecule has 0 unspecified atom stereocenters. The van der Waals surface area contributed by atoms with Crippen LogP contribution in [0.4, 0.5) is 5.69 Å². The molecule has 0 amide bonds. The molecule has 0 fully saturated rings. The van der Waals surface area contributed by atoms with Crippen molar-refractivity contribution in [3.8, 4) is 0 Å². The predicted molar refractivity (Wildman–Crippen MR) is 74.4 cm³/mol. The van der Waals surface area contributed by atoms with Crippen LogP contribution in [0.2, 0.25) is 0 Å². The standard InChI is InChI=1S/C15H16N2O2/c1-2-17(11-12-6-4-3-5-7-12)13-8-9-16-14(10-13)15(18)19/h3-10H,2,11H2,1H3,(H,18,19). The van der Waals surface area contributed by atoms with E-state index in [9.17, 15) is 4.79 Å². The molecule has 0 aliphatic rings. The Balaban J connectivity index is 2.22. The van der Waals surface area contributed by atoms with Gasteiger partial charge in [-0.05, 0) is 24.6 Å². The van der Waals surface area contributed by atoms with Crippen LogP contribution in [0.25, 0.3) is 0 Å². The number of aromatic carboxylic acids is 1. The van der Waals surface area contributed by atoms with Gasteiger partial charge < -0.3 is 10.0 Å². The van der Waals surface area contributed by atoms with Crippen molar-refractivity contribution in [1.29, 1.82) is 0 Å². The first-order chi connectivity index (χ1) is 9.20. The molecular formula is C15H16N2O2. The van der Waals surface area contributed by atoms with Gasteiger partial charge in [0, 0.05) is 25.0 Å². The van der Waals surface area contributed by atoms with Crippen molar-refractivity contribution in [1.82, 2.24) is 4.98 Å². The minimum Gasteiger partial charge on any atom is -0.477 e. The van der Waals surface area contributed by atoms with Gasteiger partial charge in [0.1, 0.15) is 5.69 Å². The number of aromatic nitrogens is 1. The number of hydrogen-bond acceptors (Lipinski definition) is 3. The number of benzene rings is 1. The molecule has 1 N–H and O–H groups in total. The molecule has 0 spiro atoms. The van der Waals surface area contributed by atoms with Crippen LogP contribution in [-0.4, -0.2) is 22.6 Å². The first-order valence-corrected chi connectivity index (χ1v) is 6.19. The lowest BCUT2D eigenvalue weighted by atomic mass is 10.2. The monoisotopic (exact) mass is 256 g/mol. The lowest BCUT2D eigenvalue weighted by Crippen LogP contribution is -2.22. The molecule has 0 saturated heterocycles. The van der Waals surface area contributed by atoms with Crippen molar-refractivity contribution in [3.05, 3.63) is 59.9 Å². The number of carboxylic acids is 1. The minimum absolute atomic E-state index is 0.0732. The molecule has 2 aromatic rings. The maximum absolute atomic E-state index is 10.9. The number of carboxylic acid groups (broad SMARTS) is 1. The van der Waals surface area contributed by atoms with Crippen molar-refractivity contribution in [3.63, 3.8) is 0 Å². The minimum atomic E-state index is -1.00.